The quantitative estimate of drug-likeness (QED) is 0.644. The van der Waals surface area contributed by atoms with Crippen LogP contribution in [-0.4, -0.2) is 9.97 Å². The van der Waals surface area contributed by atoms with E-state index in [2.05, 4.69) is 25.9 Å². The molecule has 84 valence electrons. The van der Waals surface area contributed by atoms with Crippen LogP contribution in [0.4, 0.5) is 0 Å². The minimum atomic E-state index is 0.443. The first-order valence-corrected chi connectivity index (χ1v) is 6.91. The number of fused-ring (bicyclic) bond motifs is 1. The van der Waals surface area contributed by atoms with Gasteiger partial charge in [-0.05, 0) is 40.2 Å². The van der Waals surface area contributed by atoms with Crippen molar-refractivity contribution < 1.29 is 0 Å². The van der Waals surface area contributed by atoms with Crippen LogP contribution in [0.2, 0.25) is 5.15 Å². The van der Waals surface area contributed by atoms with E-state index in [-0.39, 0.29) is 0 Å². The molecule has 0 aliphatic heterocycles. The second-order valence-corrected chi connectivity index (χ2v) is 6.28. The van der Waals surface area contributed by atoms with E-state index in [4.69, 9.17) is 11.6 Å². The fourth-order valence-electron chi connectivity index (χ4n) is 1.58. The molecule has 5 heteroatoms. The van der Waals surface area contributed by atoms with Crippen LogP contribution in [0.3, 0.4) is 0 Å². The maximum atomic E-state index is 6.16. The van der Waals surface area contributed by atoms with Crippen LogP contribution in [0.5, 0.6) is 0 Å². The highest BCUT2D eigenvalue weighted by Gasteiger charge is 2.10. The van der Waals surface area contributed by atoms with Crippen molar-refractivity contribution in [1.82, 2.24) is 9.97 Å². The van der Waals surface area contributed by atoms with Crippen molar-refractivity contribution in [2.75, 3.05) is 0 Å². The van der Waals surface area contributed by atoms with Gasteiger partial charge in [-0.2, -0.15) is 0 Å². The van der Waals surface area contributed by atoms with Gasteiger partial charge in [-0.3, -0.25) is 0 Å². The number of thiophene rings is 1. The van der Waals surface area contributed by atoms with Gasteiger partial charge in [0.15, 0.2) is 5.15 Å². The Kier molecular flexibility index (Phi) is 2.86. The third-order valence-electron chi connectivity index (χ3n) is 2.33. The minimum absolute atomic E-state index is 0.443. The van der Waals surface area contributed by atoms with E-state index >= 15 is 0 Å². The molecule has 3 aromatic rings. The summed E-state index contributed by atoms with van der Waals surface area (Å²) in [5, 5.41) is 0.443. The van der Waals surface area contributed by atoms with Gasteiger partial charge in [-0.15, -0.1) is 11.3 Å². The Balaban J connectivity index is 2.26. The Bertz CT molecular complexity index is 696. The Hall–Kier alpha value is -0.970. The van der Waals surface area contributed by atoms with Crippen LogP contribution in [0.15, 0.2) is 40.2 Å². The van der Waals surface area contributed by atoms with Crippen LogP contribution in [-0.2, 0) is 0 Å². The van der Waals surface area contributed by atoms with E-state index in [9.17, 15) is 0 Å². The lowest BCUT2D eigenvalue weighted by atomic mass is 10.3. The molecule has 2 nitrogen and oxygen atoms in total. The lowest BCUT2D eigenvalue weighted by molar-refractivity contribution is 1.30. The van der Waals surface area contributed by atoms with Gasteiger partial charge in [-0.1, -0.05) is 23.7 Å². The molecule has 0 saturated heterocycles. The number of benzene rings is 1. The van der Waals surface area contributed by atoms with E-state index in [1.54, 1.807) is 11.3 Å². The van der Waals surface area contributed by atoms with Crippen molar-refractivity contribution in [3.63, 3.8) is 0 Å². The average molecular weight is 326 g/mol. The Morgan fingerprint density at radius 1 is 1.00 bits per heavy atom. The third-order valence-corrected chi connectivity index (χ3v) is 4.23. The minimum Gasteiger partial charge on any atom is -0.242 e. The van der Waals surface area contributed by atoms with Gasteiger partial charge < -0.3 is 0 Å². The molecule has 0 bridgehead atoms. The average Bonchev–Trinajstić information content (AvgIpc) is 2.75. The lowest BCUT2D eigenvalue weighted by Crippen LogP contribution is -1.89. The summed E-state index contributed by atoms with van der Waals surface area (Å²) in [7, 11) is 0. The molecule has 0 unspecified atom stereocenters. The zero-order chi connectivity index (χ0) is 11.8. The molecule has 0 amide bonds. The van der Waals surface area contributed by atoms with Crippen molar-refractivity contribution >= 4 is 49.9 Å². The maximum Gasteiger partial charge on any atom is 0.156 e. The predicted molar refractivity (Wildman–Crippen MR) is 75.6 cm³/mol. The van der Waals surface area contributed by atoms with Gasteiger partial charge >= 0.3 is 0 Å². The molecule has 2 heterocycles. The summed E-state index contributed by atoms with van der Waals surface area (Å²) in [5.74, 6) is 0. The first-order chi connectivity index (χ1) is 8.24. The Morgan fingerprint density at radius 2 is 1.71 bits per heavy atom. The maximum absolute atomic E-state index is 6.16. The second kappa shape index (κ2) is 4.37. The number of nitrogens with zero attached hydrogens (tertiary/aromatic N) is 2. The highest BCUT2D eigenvalue weighted by atomic mass is 79.9. The number of hydrogen-bond acceptors (Lipinski definition) is 3. The summed E-state index contributed by atoms with van der Waals surface area (Å²) in [6.45, 7) is 0. The summed E-state index contributed by atoms with van der Waals surface area (Å²) in [6, 6.07) is 11.7. The standard InChI is InChI=1S/C12H6BrClN2S/c13-10-6-5-9(17-10)11-12(14)16-8-4-2-1-3-7(8)15-11/h1-6H. The van der Waals surface area contributed by atoms with E-state index in [1.165, 1.54) is 0 Å². The monoisotopic (exact) mass is 324 g/mol. The zero-order valence-corrected chi connectivity index (χ0v) is 11.7. The topological polar surface area (TPSA) is 25.8 Å². The fraction of sp³-hybridized carbons (Fsp3) is 0. The molecule has 1 aromatic carbocycles. The Labute approximate surface area is 115 Å². The van der Waals surface area contributed by atoms with Crippen LogP contribution in [0.25, 0.3) is 21.6 Å². The molecule has 0 spiro atoms. The summed E-state index contributed by atoms with van der Waals surface area (Å²) in [6.07, 6.45) is 0. The molecule has 0 saturated carbocycles. The summed E-state index contributed by atoms with van der Waals surface area (Å²) in [4.78, 5) is 9.92. The van der Waals surface area contributed by atoms with Gasteiger partial charge in [0.1, 0.15) is 5.69 Å². The molecule has 2 aromatic heterocycles. The van der Waals surface area contributed by atoms with E-state index in [1.807, 2.05) is 36.4 Å². The fourth-order valence-corrected chi connectivity index (χ4v) is 3.24. The molecule has 17 heavy (non-hydrogen) atoms. The largest absolute Gasteiger partial charge is 0.242 e. The summed E-state index contributed by atoms with van der Waals surface area (Å²) >= 11 is 11.2. The van der Waals surface area contributed by atoms with Gasteiger partial charge in [0.05, 0.1) is 19.7 Å². The third kappa shape index (κ3) is 2.08. The van der Waals surface area contributed by atoms with Gasteiger partial charge in [0, 0.05) is 0 Å². The number of rotatable bonds is 1. The van der Waals surface area contributed by atoms with Crippen molar-refractivity contribution in [2.24, 2.45) is 0 Å². The molecule has 0 atom stereocenters. The Morgan fingerprint density at radius 3 is 2.35 bits per heavy atom. The van der Waals surface area contributed by atoms with E-state index in [0.29, 0.717) is 5.15 Å². The van der Waals surface area contributed by atoms with Crippen LogP contribution in [0, 0.1) is 0 Å². The summed E-state index contributed by atoms with van der Waals surface area (Å²) < 4.78 is 1.05. The van der Waals surface area contributed by atoms with Crippen molar-refractivity contribution in [3.05, 3.63) is 45.3 Å². The molecule has 0 N–H and O–H groups in total. The van der Waals surface area contributed by atoms with Crippen LogP contribution < -0.4 is 0 Å². The highest BCUT2D eigenvalue weighted by Crippen LogP contribution is 2.34. The first kappa shape index (κ1) is 11.1. The molecular weight excluding hydrogens is 320 g/mol. The van der Waals surface area contributed by atoms with Crippen molar-refractivity contribution in [2.45, 2.75) is 0 Å². The number of halogens is 2. The molecular formula is C12H6BrClN2S. The SMILES string of the molecule is Clc1nc2ccccc2nc1-c1ccc(Br)s1. The lowest BCUT2D eigenvalue weighted by Gasteiger charge is -2.02. The number of para-hydroxylation sites is 2. The number of aromatic nitrogens is 2. The second-order valence-electron chi connectivity index (χ2n) is 3.46. The molecule has 0 fully saturated rings. The van der Waals surface area contributed by atoms with Gasteiger partial charge in [0.25, 0.3) is 0 Å². The van der Waals surface area contributed by atoms with Crippen molar-refractivity contribution in [1.29, 1.82) is 0 Å². The molecule has 0 aliphatic rings. The molecule has 3 rings (SSSR count). The van der Waals surface area contributed by atoms with E-state index < -0.39 is 0 Å². The van der Waals surface area contributed by atoms with Crippen LogP contribution >= 0.6 is 38.9 Å². The van der Waals surface area contributed by atoms with Crippen molar-refractivity contribution in [3.8, 4) is 10.6 Å². The normalized spacial score (nSPS) is 10.9. The zero-order valence-electron chi connectivity index (χ0n) is 8.52. The van der Waals surface area contributed by atoms with Gasteiger partial charge in [0.2, 0.25) is 0 Å². The smallest absolute Gasteiger partial charge is 0.156 e. The predicted octanol–water partition coefficient (Wildman–Crippen LogP) is 4.77. The van der Waals surface area contributed by atoms with Gasteiger partial charge in [-0.25, -0.2) is 9.97 Å². The number of hydrogen-bond donors (Lipinski definition) is 0. The molecule has 0 aliphatic carbocycles. The van der Waals surface area contributed by atoms with E-state index in [0.717, 1.165) is 25.4 Å². The van der Waals surface area contributed by atoms with Crippen LogP contribution in [0.1, 0.15) is 0 Å². The summed E-state index contributed by atoms with van der Waals surface area (Å²) in [5.41, 5.74) is 2.41. The highest BCUT2D eigenvalue weighted by molar-refractivity contribution is 9.11. The first-order valence-electron chi connectivity index (χ1n) is 4.92. The molecule has 0 radical (unpaired) electrons.